The molecular formula is C15H22N6. The number of nitrogens with one attached hydrogen (secondary N) is 2. The molecule has 2 aromatic rings. The monoisotopic (exact) mass is 286 g/mol. The lowest BCUT2D eigenvalue weighted by molar-refractivity contribution is 0.728. The quantitative estimate of drug-likeness (QED) is 0.482. The molecule has 0 aliphatic rings. The van der Waals surface area contributed by atoms with Gasteiger partial charge in [-0.05, 0) is 24.1 Å². The largest absolute Gasteiger partial charge is 0.356 e. The predicted molar refractivity (Wildman–Crippen MR) is 84.5 cm³/mol. The predicted octanol–water partition coefficient (Wildman–Crippen LogP) is 1.73. The summed E-state index contributed by atoms with van der Waals surface area (Å²) in [5.41, 5.74) is 2.19. The van der Waals surface area contributed by atoms with Crippen molar-refractivity contribution in [1.82, 2.24) is 25.4 Å². The summed E-state index contributed by atoms with van der Waals surface area (Å²) in [5.74, 6) is 0.837. The Morgan fingerprint density at radius 3 is 2.67 bits per heavy atom. The van der Waals surface area contributed by atoms with E-state index in [9.17, 15) is 0 Å². The summed E-state index contributed by atoms with van der Waals surface area (Å²) in [6.45, 7) is 3.86. The summed E-state index contributed by atoms with van der Waals surface area (Å²) >= 11 is 0. The van der Waals surface area contributed by atoms with Crippen LogP contribution in [-0.2, 0) is 6.54 Å². The summed E-state index contributed by atoms with van der Waals surface area (Å²) in [7, 11) is 1.79. The molecule has 0 atom stereocenters. The fourth-order valence-electron chi connectivity index (χ4n) is 1.90. The second-order valence-corrected chi connectivity index (χ2v) is 4.71. The number of hydrogen-bond acceptors (Lipinski definition) is 3. The first kappa shape index (κ1) is 15.0. The van der Waals surface area contributed by atoms with Gasteiger partial charge in [-0.25, -0.2) is 9.67 Å². The van der Waals surface area contributed by atoms with Crippen LogP contribution < -0.4 is 10.6 Å². The molecule has 0 bridgehead atoms. The number of aromatic nitrogens is 3. The van der Waals surface area contributed by atoms with E-state index in [4.69, 9.17) is 0 Å². The van der Waals surface area contributed by atoms with Crippen LogP contribution in [-0.4, -0.2) is 34.3 Å². The first-order valence-electron chi connectivity index (χ1n) is 7.22. The molecule has 2 N–H and O–H groups in total. The maximum Gasteiger partial charge on any atom is 0.191 e. The fourth-order valence-corrected chi connectivity index (χ4v) is 1.90. The van der Waals surface area contributed by atoms with Gasteiger partial charge in [-0.3, -0.25) is 4.99 Å². The molecule has 0 saturated carbocycles. The molecule has 2 rings (SSSR count). The third-order valence-electron chi connectivity index (χ3n) is 3.13. The molecule has 1 aromatic carbocycles. The minimum Gasteiger partial charge on any atom is -0.356 e. The molecule has 0 aliphatic heterocycles. The van der Waals surface area contributed by atoms with Crippen molar-refractivity contribution in [2.24, 2.45) is 4.99 Å². The molecule has 1 heterocycles. The van der Waals surface area contributed by atoms with E-state index in [1.165, 1.54) is 18.3 Å². The van der Waals surface area contributed by atoms with Crippen molar-refractivity contribution in [1.29, 1.82) is 0 Å². The maximum absolute atomic E-state index is 4.21. The Morgan fingerprint density at radius 1 is 1.24 bits per heavy atom. The van der Waals surface area contributed by atoms with Crippen LogP contribution in [0, 0.1) is 0 Å². The molecule has 0 fully saturated rings. The van der Waals surface area contributed by atoms with Gasteiger partial charge in [0.05, 0.1) is 5.69 Å². The van der Waals surface area contributed by atoms with Crippen LogP contribution >= 0.6 is 0 Å². The van der Waals surface area contributed by atoms with Crippen molar-refractivity contribution in [3.05, 3.63) is 42.5 Å². The molecule has 0 radical (unpaired) electrons. The third kappa shape index (κ3) is 4.59. The van der Waals surface area contributed by atoms with Crippen molar-refractivity contribution in [2.45, 2.75) is 26.3 Å². The summed E-state index contributed by atoms with van der Waals surface area (Å²) < 4.78 is 1.74. The first-order valence-corrected chi connectivity index (χ1v) is 7.22. The highest BCUT2D eigenvalue weighted by molar-refractivity contribution is 5.79. The Bertz CT molecular complexity index is 544. The minimum absolute atomic E-state index is 0.740. The molecule has 0 spiro atoms. The number of unbranched alkanes of at least 4 members (excludes halogenated alkanes) is 1. The van der Waals surface area contributed by atoms with E-state index >= 15 is 0 Å². The van der Waals surface area contributed by atoms with Crippen molar-refractivity contribution >= 4 is 5.96 Å². The lowest BCUT2D eigenvalue weighted by Gasteiger charge is -2.11. The zero-order valence-corrected chi connectivity index (χ0v) is 12.6. The van der Waals surface area contributed by atoms with Gasteiger partial charge in [0.25, 0.3) is 0 Å². The van der Waals surface area contributed by atoms with Crippen LogP contribution in [0.3, 0.4) is 0 Å². The van der Waals surface area contributed by atoms with Crippen LogP contribution in [0.25, 0.3) is 5.69 Å². The average Bonchev–Trinajstić information content (AvgIpc) is 3.06. The van der Waals surface area contributed by atoms with Crippen LogP contribution in [0.1, 0.15) is 25.3 Å². The number of hydrogen-bond donors (Lipinski definition) is 2. The standard InChI is InChI=1S/C15H22N6/c1-3-4-9-18-15(16-2)19-10-13-5-7-14(8-6-13)21-12-17-11-20-21/h5-8,11-12H,3-4,9-10H2,1-2H3,(H2,16,18,19). The van der Waals surface area contributed by atoms with Crippen molar-refractivity contribution in [3.63, 3.8) is 0 Å². The van der Waals surface area contributed by atoms with Gasteiger partial charge in [0.2, 0.25) is 0 Å². The Kier molecular flexibility index (Phi) is 5.75. The Hall–Kier alpha value is -2.37. The normalized spacial score (nSPS) is 11.4. The molecule has 21 heavy (non-hydrogen) atoms. The SMILES string of the molecule is CCCCNC(=NC)NCc1ccc(-n2cncn2)cc1. The Labute approximate surface area is 125 Å². The average molecular weight is 286 g/mol. The number of benzene rings is 1. The Morgan fingerprint density at radius 2 is 2.05 bits per heavy atom. The zero-order valence-electron chi connectivity index (χ0n) is 12.6. The van der Waals surface area contributed by atoms with E-state index in [0.29, 0.717) is 0 Å². The van der Waals surface area contributed by atoms with Crippen LogP contribution in [0.5, 0.6) is 0 Å². The van der Waals surface area contributed by atoms with E-state index in [0.717, 1.165) is 31.2 Å². The minimum atomic E-state index is 0.740. The summed E-state index contributed by atoms with van der Waals surface area (Å²) in [6.07, 6.45) is 5.54. The van der Waals surface area contributed by atoms with Crippen LogP contribution in [0.4, 0.5) is 0 Å². The Balaban J connectivity index is 1.85. The smallest absolute Gasteiger partial charge is 0.191 e. The molecule has 0 unspecified atom stereocenters. The van der Waals surface area contributed by atoms with Gasteiger partial charge < -0.3 is 10.6 Å². The maximum atomic E-state index is 4.21. The molecule has 0 amide bonds. The lowest BCUT2D eigenvalue weighted by Crippen LogP contribution is -2.37. The number of guanidine groups is 1. The zero-order chi connectivity index (χ0) is 14.9. The van der Waals surface area contributed by atoms with Crippen molar-refractivity contribution in [3.8, 4) is 5.69 Å². The number of nitrogens with zero attached hydrogens (tertiary/aromatic N) is 4. The van der Waals surface area contributed by atoms with Gasteiger partial charge in [-0.1, -0.05) is 25.5 Å². The molecule has 6 nitrogen and oxygen atoms in total. The highest BCUT2D eigenvalue weighted by Crippen LogP contribution is 2.07. The number of aliphatic imine (C=N–C) groups is 1. The summed E-state index contributed by atoms with van der Waals surface area (Å²) in [5, 5.41) is 10.7. The number of rotatable bonds is 6. The molecule has 1 aromatic heterocycles. The van der Waals surface area contributed by atoms with E-state index in [1.54, 1.807) is 18.1 Å². The van der Waals surface area contributed by atoms with Gasteiger partial charge in [-0.2, -0.15) is 5.10 Å². The van der Waals surface area contributed by atoms with Gasteiger partial charge in [0, 0.05) is 20.1 Å². The summed E-state index contributed by atoms with van der Waals surface area (Å²) in [6, 6.07) is 8.20. The second kappa shape index (κ2) is 8.04. The highest BCUT2D eigenvalue weighted by atomic mass is 15.3. The molecular weight excluding hydrogens is 264 g/mol. The van der Waals surface area contributed by atoms with Crippen molar-refractivity contribution < 1.29 is 0 Å². The van der Waals surface area contributed by atoms with Crippen LogP contribution in [0.2, 0.25) is 0 Å². The molecule has 112 valence electrons. The molecule has 0 aliphatic carbocycles. The molecule has 6 heteroatoms. The first-order chi connectivity index (χ1) is 10.3. The second-order valence-electron chi connectivity index (χ2n) is 4.71. The summed E-state index contributed by atoms with van der Waals surface area (Å²) in [4.78, 5) is 8.15. The van der Waals surface area contributed by atoms with Gasteiger partial charge in [-0.15, -0.1) is 0 Å². The van der Waals surface area contributed by atoms with E-state index < -0.39 is 0 Å². The highest BCUT2D eigenvalue weighted by Gasteiger charge is 2.00. The van der Waals surface area contributed by atoms with Crippen LogP contribution in [0.15, 0.2) is 41.9 Å². The van der Waals surface area contributed by atoms with Gasteiger partial charge in [0.1, 0.15) is 12.7 Å². The topological polar surface area (TPSA) is 67.1 Å². The lowest BCUT2D eigenvalue weighted by atomic mass is 10.2. The van der Waals surface area contributed by atoms with Gasteiger partial charge >= 0.3 is 0 Å². The third-order valence-corrected chi connectivity index (χ3v) is 3.13. The van der Waals surface area contributed by atoms with E-state index in [-0.39, 0.29) is 0 Å². The van der Waals surface area contributed by atoms with E-state index in [1.807, 2.05) is 12.1 Å². The van der Waals surface area contributed by atoms with Gasteiger partial charge in [0.15, 0.2) is 5.96 Å². The molecule has 0 saturated heterocycles. The van der Waals surface area contributed by atoms with E-state index in [2.05, 4.69) is 44.8 Å². The van der Waals surface area contributed by atoms with Crippen molar-refractivity contribution in [2.75, 3.05) is 13.6 Å². The fraction of sp³-hybridized carbons (Fsp3) is 0.400.